The second kappa shape index (κ2) is 5.00. The van der Waals surface area contributed by atoms with E-state index in [2.05, 4.69) is 11.6 Å². The summed E-state index contributed by atoms with van der Waals surface area (Å²) in [7, 11) is 0. The number of hydrogen-bond acceptors (Lipinski definition) is 3. The summed E-state index contributed by atoms with van der Waals surface area (Å²) in [6.07, 6.45) is 4.90. The number of anilines is 1. The van der Waals surface area contributed by atoms with Crippen molar-refractivity contribution < 1.29 is 4.79 Å². The third-order valence-corrected chi connectivity index (χ3v) is 4.67. The Balaban J connectivity index is 1.83. The summed E-state index contributed by atoms with van der Waals surface area (Å²) < 4.78 is 0.317. The fourth-order valence-corrected chi connectivity index (χ4v) is 2.51. The standard InChI is InChI=1S/C13H18N2OS/c1-17-13(6-7-13)9-15-12(16)8-10-4-2-3-5-11(10)14/h2-5H,6-9,14H2,1H3,(H,15,16). The summed E-state index contributed by atoms with van der Waals surface area (Å²) in [6, 6.07) is 7.51. The number of nitrogen functional groups attached to an aromatic ring is 1. The molecule has 0 radical (unpaired) electrons. The van der Waals surface area contributed by atoms with E-state index in [4.69, 9.17) is 5.73 Å². The van der Waals surface area contributed by atoms with Crippen molar-refractivity contribution in [1.82, 2.24) is 5.32 Å². The first-order valence-corrected chi connectivity index (χ1v) is 7.03. The molecule has 2 rings (SSSR count). The van der Waals surface area contributed by atoms with Crippen molar-refractivity contribution in [1.29, 1.82) is 0 Å². The Morgan fingerprint density at radius 3 is 2.76 bits per heavy atom. The zero-order valence-electron chi connectivity index (χ0n) is 10.0. The van der Waals surface area contributed by atoms with Gasteiger partial charge in [-0.25, -0.2) is 0 Å². The predicted octanol–water partition coefficient (Wildman–Crippen LogP) is 1.82. The molecule has 1 fully saturated rings. The van der Waals surface area contributed by atoms with Gasteiger partial charge in [0, 0.05) is 17.0 Å². The predicted molar refractivity (Wildman–Crippen MR) is 73.0 cm³/mol. The third kappa shape index (κ3) is 3.16. The molecule has 17 heavy (non-hydrogen) atoms. The number of nitrogens with two attached hydrogens (primary N) is 1. The number of amides is 1. The summed E-state index contributed by atoms with van der Waals surface area (Å²) >= 11 is 1.85. The molecule has 0 bridgehead atoms. The van der Waals surface area contributed by atoms with E-state index in [1.54, 1.807) is 0 Å². The van der Waals surface area contributed by atoms with Gasteiger partial charge in [-0.2, -0.15) is 11.8 Å². The molecule has 1 saturated carbocycles. The number of nitrogens with one attached hydrogen (secondary N) is 1. The van der Waals surface area contributed by atoms with Crippen LogP contribution in [0.2, 0.25) is 0 Å². The van der Waals surface area contributed by atoms with E-state index in [0.717, 1.165) is 12.1 Å². The van der Waals surface area contributed by atoms with Gasteiger partial charge in [-0.1, -0.05) is 18.2 Å². The first kappa shape index (κ1) is 12.3. The Morgan fingerprint density at radius 1 is 1.47 bits per heavy atom. The minimum Gasteiger partial charge on any atom is -0.398 e. The number of benzene rings is 1. The van der Waals surface area contributed by atoms with Gasteiger partial charge in [0.15, 0.2) is 0 Å². The highest BCUT2D eigenvalue weighted by atomic mass is 32.2. The zero-order valence-corrected chi connectivity index (χ0v) is 10.8. The van der Waals surface area contributed by atoms with E-state index in [1.807, 2.05) is 36.0 Å². The lowest BCUT2D eigenvalue weighted by atomic mass is 10.1. The number of carbonyl (C=O) groups is 1. The lowest BCUT2D eigenvalue weighted by molar-refractivity contribution is -0.120. The maximum Gasteiger partial charge on any atom is 0.224 e. The normalized spacial score (nSPS) is 16.5. The minimum atomic E-state index is 0.0585. The van der Waals surface area contributed by atoms with Crippen LogP contribution in [0.3, 0.4) is 0 Å². The second-order valence-electron chi connectivity index (χ2n) is 4.54. The van der Waals surface area contributed by atoms with Gasteiger partial charge in [-0.05, 0) is 30.7 Å². The molecular formula is C13H18N2OS. The Bertz CT molecular complexity index is 416. The van der Waals surface area contributed by atoms with Crippen LogP contribution >= 0.6 is 11.8 Å². The lowest BCUT2D eigenvalue weighted by Crippen LogP contribution is -2.32. The molecule has 1 amide bonds. The van der Waals surface area contributed by atoms with Crippen LogP contribution in [0, 0.1) is 0 Å². The smallest absolute Gasteiger partial charge is 0.224 e. The van der Waals surface area contributed by atoms with E-state index < -0.39 is 0 Å². The van der Waals surface area contributed by atoms with E-state index in [-0.39, 0.29) is 5.91 Å². The van der Waals surface area contributed by atoms with E-state index >= 15 is 0 Å². The SMILES string of the molecule is CSC1(CNC(=O)Cc2ccccc2N)CC1. The Kier molecular flexibility index (Phi) is 3.62. The molecule has 1 aliphatic rings. The molecule has 0 atom stereocenters. The first-order valence-electron chi connectivity index (χ1n) is 5.80. The fraction of sp³-hybridized carbons (Fsp3) is 0.462. The quantitative estimate of drug-likeness (QED) is 0.784. The maximum absolute atomic E-state index is 11.8. The average Bonchev–Trinajstić information content (AvgIpc) is 3.10. The Morgan fingerprint density at radius 2 is 2.18 bits per heavy atom. The Labute approximate surface area is 106 Å². The molecule has 1 aromatic carbocycles. The lowest BCUT2D eigenvalue weighted by Gasteiger charge is -2.13. The van der Waals surface area contributed by atoms with Gasteiger partial charge in [-0.3, -0.25) is 4.79 Å². The highest BCUT2D eigenvalue weighted by molar-refractivity contribution is 8.00. The van der Waals surface area contributed by atoms with Crippen LogP contribution in [0.25, 0.3) is 0 Å². The molecule has 0 saturated heterocycles. The molecule has 0 aliphatic heterocycles. The molecule has 0 aromatic heterocycles. The van der Waals surface area contributed by atoms with E-state index in [1.165, 1.54) is 12.8 Å². The molecule has 0 unspecified atom stereocenters. The molecule has 0 spiro atoms. The number of thioether (sulfide) groups is 1. The molecule has 92 valence electrons. The van der Waals surface area contributed by atoms with Crippen LogP contribution in [-0.2, 0) is 11.2 Å². The fourth-order valence-electron chi connectivity index (χ4n) is 1.78. The summed E-state index contributed by atoms with van der Waals surface area (Å²) in [5.41, 5.74) is 7.40. The van der Waals surface area contributed by atoms with Crippen LogP contribution in [0.15, 0.2) is 24.3 Å². The molecule has 0 heterocycles. The van der Waals surface area contributed by atoms with Crippen molar-refractivity contribution in [3.63, 3.8) is 0 Å². The van der Waals surface area contributed by atoms with Crippen molar-refractivity contribution >= 4 is 23.4 Å². The van der Waals surface area contributed by atoms with Gasteiger partial charge in [0.1, 0.15) is 0 Å². The molecular weight excluding hydrogens is 232 g/mol. The van der Waals surface area contributed by atoms with Gasteiger partial charge in [0.2, 0.25) is 5.91 Å². The number of carbonyl (C=O) groups excluding carboxylic acids is 1. The van der Waals surface area contributed by atoms with Gasteiger partial charge < -0.3 is 11.1 Å². The van der Waals surface area contributed by atoms with Crippen LogP contribution in [0.1, 0.15) is 18.4 Å². The molecule has 3 nitrogen and oxygen atoms in total. The molecule has 3 N–H and O–H groups in total. The Hall–Kier alpha value is -1.16. The van der Waals surface area contributed by atoms with Crippen molar-refractivity contribution in [3.8, 4) is 0 Å². The van der Waals surface area contributed by atoms with Crippen LogP contribution in [0.5, 0.6) is 0 Å². The highest BCUT2D eigenvalue weighted by Gasteiger charge is 2.41. The topological polar surface area (TPSA) is 55.1 Å². The van der Waals surface area contributed by atoms with Gasteiger partial charge >= 0.3 is 0 Å². The highest BCUT2D eigenvalue weighted by Crippen LogP contribution is 2.46. The summed E-state index contributed by atoms with van der Waals surface area (Å²) in [6.45, 7) is 0.778. The second-order valence-corrected chi connectivity index (χ2v) is 5.81. The summed E-state index contributed by atoms with van der Waals surface area (Å²) in [5, 5.41) is 3.00. The summed E-state index contributed by atoms with van der Waals surface area (Å²) in [5.74, 6) is 0.0585. The summed E-state index contributed by atoms with van der Waals surface area (Å²) in [4.78, 5) is 11.8. The largest absolute Gasteiger partial charge is 0.398 e. The molecule has 4 heteroatoms. The van der Waals surface area contributed by atoms with Crippen LogP contribution in [0.4, 0.5) is 5.69 Å². The monoisotopic (exact) mass is 250 g/mol. The molecule has 1 aromatic rings. The zero-order chi connectivity index (χ0) is 12.3. The first-order chi connectivity index (χ1) is 8.15. The van der Waals surface area contributed by atoms with Gasteiger partial charge in [-0.15, -0.1) is 0 Å². The van der Waals surface area contributed by atoms with Crippen molar-refractivity contribution in [2.24, 2.45) is 0 Å². The number of hydrogen-bond donors (Lipinski definition) is 2. The van der Waals surface area contributed by atoms with E-state index in [0.29, 0.717) is 16.9 Å². The minimum absolute atomic E-state index is 0.0585. The van der Waals surface area contributed by atoms with Gasteiger partial charge in [0.05, 0.1) is 6.42 Å². The van der Waals surface area contributed by atoms with Crippen molar-refractivity contribution in [2.45, 2.75) is 24.0 Å². The average molecular weight is 250 g/mol. The van der Waals surface area contributed by atoms with E-state index in [9.17, 15) is 4.79 Å². The maximum atomic E-state index is 11.8. The molecule has 1 aliphatic carbocycles. The van der Waals surface area contributed by atoms with Gasteiger partial charge in [0.25, 0.3) is 0 Å². The van der Waals surface area contributed by atoms with Crippen molar-refractivity contribution in [2.75, 3.05) is 18.5 Å². The third-order valence-electron chi connectivity index (χ3n) is 3.25. The number of rotatable bonds is 5. The van der Waals surface area contributed by atoms with Crippen LogP contribution in [-0.4, -0.2) is 23.5 Å². The van der Waals surface area contributed by atoms with Crippen molar-refractivity contribution in [3.05, 3.63) is 29.8 Å². The van der Waals surface area contributed by atoms with Crippen LogP contribution < -0.4 is 11.1 Å². The number of para-hydroxylation sites is 1.